The number of benzene rings is 1. The van der Waals surface area contributed by atoms with E-state index in [4.69, 9.17) is 11.1 Å². The van der Waals surface area contributed by atoms with Crippen LogP contribution in [0.15, 0.2) is 15.7 Å². The van der Waals surface area contributed by atoms with Gasteiger partial charge in [0.2, 0.25) is 0 Å². The molecule has 1 aliphatic carbocycles. The molecule has 2 heterocycles. The van der Waals surface area contributed by atoms with Gasteiger partial charge in [0.1, 0.15) is 5.82 Å². The van der Waals surface area contributed by atoms with Gasteiger partial charge >= 0.3 is 5.69 Å². The predicted molar refractivity (Wildman–Crippen MR) is 104 cm³/mol. The Morgan fingerprint density at radius 3 is 2.79 bits per heavy atom. The van der Waals surface area contributed by atoms with Crippen molar-refractivity contribution >= 4 is 16.6 Å². The Hall–Kier alpha value is -2.86. The standard InChI is InChI=1S/C19H23FN6O2/c1-11-16-14(18(27)26(22)19(28)25(16)13-3-4-13)9-15(20)17(11)24-8-5-12(10-24)23-7-2-6-21/h9,12-13,23H,2-5,7-8,10,22H2,1H3. The number of nitriles is 1. The second kappa shape index (κ2) is 6.95. The van der Waals surface area contributed by atoms with Crippen molar-refractivity contribution in [3.63, 3.8) is 0 Å². The summed E-state index contributed by atoms with van der Waals surface area (Å²) in [6.45, 7) is 3.63. The van der Waals surface area contributed by atoms with Crippen LogP contribution in [0.1, 0.15) is 37.3 Å². The molecule has 1 atom stereocenters. The first kappa shape index (κ1) is 18.5. The number of nitrogen functional groups attached to an aromatic ring is 1. The third-order valence-electron chi connectivity index (χ3n) is 5.65. The number of anilines is 1. The summed E-state index contributed by atoms with van der Waals surface area (Å²) in [6.07, 6.45) is 2.95. The highest BCUT2D eigenvalue weighted by Gasteiger charge is 2.32. The highest BCUT2D eigenvalue weighted by Crippen LogP contribution is 2.38. The van der Waals surface area contributed by atoms with Crippen LogP contribution in [-0.4, -0.2) is 34.9 Å². The summed E-state index contributed by atoms with van der Waals surface area (Å²) in [7, 11) is 0. The van der Waals surface area contributed by atoms with Crippen molar-refractivity contribution in [2.24, 2.45) is 0 Å². The Morgan fingerprint density at radius 2 is 2.11 bits per heavy atom. The van der Waals surface area contributed by atoms with Crippen molar-refractivity contribution < 1.29 is 4.39 Å². The van der Waals surface area contributed by atoms with Crippen LogP contribution in [0.3, 0.4) is 0 Å². The number of fused-ring (bicyclic) bond motifs is 1. The fraction of sp³-hybridized carbons (Fsp3) is 0.526. The highest BCUT2D eigenvalue weighted by atomic mass is 19.1. The van der Waals surface area contributed by atoms with E-state index in [9.17, 15) is 9.59 Å². The number of nitrogens with two attached hydrogens (primary N) is 1. The fourth-order valence-electron chi connectivity index (χ4n) is 4.18. The van der Waals surface area contributed by atoms with Crippen LogP contribution in [0.2, 0.25) is 0 Å². The quantitative estimate of drug-likeness (QED) is 0.580. The van der Waals surface area contributed by atoms with E-state index in [2.05, 4.69) is 11.4 Å². The van der Waals surface area contributed by atoms with Gasteiger partial charge in [0.25, 0.3) is 5.56 Å². The van der Waals surface area contributed by atoms with E-state index in [-0.39, 0.29) is 17.5 Å². The lowest BCUT2D eigenvalue weighted by Gasteiger charge is -2.24. The molecule has 2 aromatic rings. The lowest BCUT2D eigenvalue weighted by atomic mass is 10.1. The van der Waals surface area contributed by atoms with Crippen LogP contribution < -0.4 is 27.3 Å². The molecule has 28 heavy (non-hydrogen) atoms. The molecular weight excluding hydrogens is 363 g/mol. The Kier molecular flexibility index (Phi) is 4.59. The van der Waals surface area contributed by atoms with Crippen molar-refractivity contribution in [1.29, 1.82) is 5.26 Å². The number of aromatic nitrogens is 2. The number of rotatable bonds is 5. The topological polar surface area (TPSA) is 109 Å². The van der Waals surface area contributed by atoms with Gasteiger partial charge in [0.15, 0.2) is 0 Å². The molecular formula is C19H23FN6O2. The van der Waals surface area contributed by atoms with E-state index in [0.717, 1.165) is 19.3 Å². The largest absolute Gasteiger partial charge is 0.367 e. The molecule has 9 heteroatoms. The summed E-state index contributed by atoms with van der Waals surface area (Å²) >= 11 is 0. The summed E-state index contributed by atoms with van der Waals surface area (Å²) in [5, 5.41) is 12.1. The number of halogens is 1. The fourth-order valence-corrected chi connectivity index (χ4v) is 4.18. The van der Waals surface area contributed by atoms with E-state index in [1.165, 1.54) is 6.07 Å². The zero-order valence-electron chi connectivity index (χ0n) is 15.7. The lowest BCUT2D eigenvalue weighted by molar-refractivity contribution is 0.558. The Bertz CT molecular complexity index is 1100. The van der Waals surface area contributed by atoms with Gasteiger partial charge < -0.3 is 16.1 Å². The minimum absolute atomic E-state index is 0.00128. The molecule has 1 aliphatic heterocycles. The summed E-state index contributed by atoms with van der Waals surface area (Å²) in [6, 6.07) is 3.48. The van der Waals surface area contributed by atoms with Gasteiger partial charge in [-0.05, 0) is 32.3 Å². The van der Waals surface area contributed by atoms with Crippen LogP contribution in [0, 0.1) is 24.1 Å². The molecule has 4 rings (SSSR count). The van der Waals surface area contributed by atoms with Crippen molar-refractivity contribution in [1.82, 2.24) is 14.6 Å². The Balaban J connectivity index is 1.80. The van der Waals surface area contributed by atoms with Gasteiger partial charge in [-0.15, -0.1) is 0 Å². The van der Waals surface area contributed by atoms with Crippen LogP contribution >= 0.6 is 0 Å². The molecule has 1 aromatic heterocycles. The second-order valence-corrected chi connectivity index (χ2v) is 7.58. The van der Waals surface area contributed by atoms with E-state index in [0.29, 0.717) is 47.5 Å². The monoisotopic (exact) mass is 386 g/mol. The van der Waals surface area contributed by atoms with Gasteiger partial charge in [-0.25, -0.2) is 9.18 Å². The van der Waals surface area contributed by atoms with Crippen LogP contribution in [-0.2, 0) is 0 Å². The summed E-state index contributed by atoms with van der Waals surface area (Å²) in [5.74, 6) is 5.17. The first-order chi connectivity index (χ1) is 13.4. The van der Waals surface area contributed by atoms with Crippen molar-refractivity contribution in [3.8, 4) is 6.07 Å². The van der Waals surface area contributed by atoms with Crippen molar-refractivity contribution in [3.05, 3.63) is 38.3 Å². The van der Waals surface area contributed by atoms with Crippen molar-refractivity contribution in [2.75, 3.05) is 30.4 Å². The number of hydrogen-bond donors (Lipinski definition) is 2. The van der Waals surface area contributed by atoms with E-state index in [1.807, 2.05) is 4.90 Å². The SMILES string of the molecule is Cc1c(N2CCC(NCCC#N)C2)c(F)cc2c(=O)n(N)c(=O)n(C3CC3)c12. The smallest absolute Gasteiger partial charge is 0.350 e. The molecule has 0 bridgehead atoms. The van der Waals surface area contributed by atoms with Crippen molar-refractivity contribution in [2.45, 2.75) is 44.7 Å². The van der Waals surface area contributed by atoms with E-state index >= 15 is 4.39 Å². The minimum Gasteiger partial charge on any atom is -0.367 e. The molecule has 1 aromatic carbocycles. The summed E-state index contributed by atoms with van der Waals surface area (Å²) < 4.78 is 17.2. The number of nitrogens with zero attached hydrogens (tertiary/aromatic N) is 4. The Labute approximate surface area is 160 Å². The zero-order chi connectivity index (χ0) is 20.0. The lowest BCUT2D eigenvalue weighted by Crippen LogP contribution is -2.44. The molecule has 0 radical (unpaired) electrons. The molecule has 1 saturated heterocycles. The summed E-state index contributed by atoms with van der Waals surface area (Å²) in [4.78, 5) is 27.0. The Morgan fingerprint density at radius 1 is 1.36 bits per heavy atom. The van der Waals surface area contributed by atoms with Gasteiger partial charge in [-0.3, -0.25) is 9.36 Å². The average Bonchev–Trinajstić information content (AvgIpc) is 3.40. The van der Waals surface area contributed by atoms with Crippen LogP contribution in [0.25, 0.3) is 10.9 Å². The minimum atomic E-state index is -0.678. The second-order valence-electron chi connectivity index (χ2n) is 7.58. The highest BCUT2D eigenvalue weighted by molar-refractivity contribution is 5.87. The molecule has 1 unspecified atom stereocenters. The molecule has 3 N–H and O–H groups in total. The average molecular weight is 386 g/mol. The third-order valence-corrected chi connectivity index (χ3v) is 5.65. The van der Waals surface area contributed by atoms with Gasteiger partial charge in [-0.1, -0.05) is 0 Å². The van der Waals surface area contributed by atoms with E-state index < -0.39 is 17.1 Å². The maximum atomic E-state index is 15.0. The molecule has 2 aliphatic rings. The molecule has 8 nitrogen and oxygen atoms in total. The predicted octanol–water partition coefficient (Wildman–Crippen LogP) is 0.741. The molecule has 0 amide bonds. The maximum Gasteiger partial charge on any atom is 0.350 e. The third kappa shape index (κ3) is 2.94. The number of nitrogens with one attached hydrogen (secondary N) is 1. The molecule has 2 fully saturated rings. The van der Waals surface area contributed by atoms with Crippen LogP contribution in [0.4, 0.5) is 10.1 Å². The molecule has 0 spiro atoms. The molecule has 1 saturated carbocycles. The first-order valence-corrected chi connectivity index (χ1v) is 9.54. The van der Waals surface area contributed by atoms with Crippen LogP contribution in [0.5, 0.6) is 0 Å². The van der Waals surface area contributed by atoms with Gasteiger partial charge in [0.05, 0.1) is 22.7 Å². The normalized spacial score (nSPS) is 19.3. The number of aryl methyl sites for hydroxylation is 1. The zero-order valence-corrected chi connectivity index (χ0v) is 15.7. The maximum absolute atomic E-state index is 15.0. The van der Waals surface area contributed by atoms with Gasteiger partial charge in [0, 0.05) is 43.7 Å². The van der Waals surface area contributed by atoms with Gasteiger partial charge in [-0.2, -0.15) is 9.94 Å². The summed E-state index contributed by atoms with van der Waals surface area (Å²) in [5.41, 5.74) is 0.270. The van der Waals surface area contributed by atoms with E-state index in [1.54, 1.807) is 11.5 Å². The molecule has 148 valence electrons. The first-order valence-electron chi connectivity index (χ1n) is 9.54. The number of hydrogen-bond acceptors (Lipinski definition) is 6.